The Bertz CT molecular complexity index is 1700. The lowest BCUT2D eigenvalue weighted by atomic mass is 10.1. The summed E-state index contributed by atoms with van der Waals surface area (Å²) >= 11 is 12.3. The number of carboxylic acids is 1. The van der Waals surface area contributed by atoms with E-state index in [1.165, 1.54) is 6.07 Å². The Morgan fingerprint density at radius 2 is 2.00 bits per heavy atom. The summed E-state index contributed by atoms with van der Waals surface area (Å²) in [5.74, 6) is -0.469. The minimum Gasteiger partial charge on any atom is -0.478 e. The van der Waals surface area contributed by atoms with E-state index in [1.54, 1.807) is 30.3 Å². The second kappa shape index (κ2) is 10.4. The Morgan fingerprint density at radius 3 is 2.73 bits per heavy atom. The summed E-state index contributed by atoms with van der Waals surface area (Å²) < 4.78 is 22.0. The molecule has 0 radical (unpaired) electrons. The standard InChI is InChI=1S/C29H24Cl2FN5O3/c30-20-3-1-19(22(32)11-20)14-40-27-21(31)9-17-5-8-36(12-24(17)35-27)13-26-34-23-4-2-18(28(38)39)10-25(23)37(26)16-29(15-33)6-7-29/h1-4,9-11H,5-8,12-14,16H2,(H,38,39). The third-order valence-electron chi connectivity index (χ3n) is 7.55. The summed E-state index contributed by atoms with van der Waals surface area (Å²) in [6, 6.07) is 13.6. The number of carbonyl (C=O) groups is 1. The number of hydrogen-bond acceptors (Lipinski definition) is 6. The minimum absolute atomic E-state index is 0.0405. The van der Waals surface area contributed by atoms with Gasteiger partial charge in [0.25, 0.3) is 0 Å². The fourth-order valence-corrected chi connectivity index (χ4v) is 5.44. The van der Waals surface area contributed by atoms with Gasteiger partial charge in [-0.1, -0.05) is 29.3 Å². The van der Waals surface area contributed by atoms with Gasteiger partial charge >= 0.3 is 5.97 Å². The number of aromatic nitrogens is 3. The van der Waals surface area contributed by atoms with Crippen LogP contribution in [-0.4, -0.2) is 37.1 Å². The van der Waals surface area contributed by atoms with E-state index >= 15 is 0 Å². The molecule has 1 saturated carbocycles. The van der Waals surface area contributed by atoms with Crippen molar-refractivity contribution in [2.75, 3.05) is 6.54 Å². The van der Waals surface area contributed by atoms with Crippen molar-refractivity contribution in [3.63, 3.8) is 0 Å². The van der Waals surface area contributed by atoms with E-state index in [2.05, 4.69) is 16.0 Å². The van der Waals surface area contributed by atoms with E-state index in [4.69, 9.17) is 32.9 Å². The second-order valence-electron chi connectivity index (χ2n) is 10.4. The van der Waals surface area contributed by atoms with Crippen molar-refractivity contribution in [1.29, 1.82) is 5.26 Å². The number of rotatable bonds is 8. The SMILES string of the molecule is N#CC1(Cn2c(CN3CCc4cc(Cl)c(OCc5ccc(Cl)cc5F)nc4C3)nc3ccc(C(=O)O)cc32)CC1. The fourth-order valence-electron chi connectivity index (χ4n) is 5.05. The normalized spacial score (nSPS) is 15.9. The Morgan fingerprint density at radius 1 is 1.18 bits per heavy atom. The van der Waals surface area contributed by atoms with Crippen molar-refractivity contribution in [2.45, 2.75) is 45.5 Å². The molecule has 0 atom stereocenters. The van der Waals surface area contributed by atoms with Gasteiger partial charge in [-0.05, 0) is 61.2 Å². The number of aromatic carboxylic acids is 1. The van der Waals surface area contributed by atoms with Crippen LogP contribution in [0.1, 0.15) is 45.8 Å². The van der Waals surface area contributed by atoms with Crippen molar-refractivity contribution in [2.24, 2.45) is 5.41 Å². The van der Waals surface area contributed by atoms with E-state index in [0.717, 1.165) is 42.9 Å². The molecule has 0 saturated heterocycles. The van der Waals surface area contributed by atoms with Gasteiger partial charge in [0.1, 0.15) is 23.3 Å². The zero-order chi connectivity index (χ0) is 28.0. The molecule has 40 heavy (non-hydrogen) atoms. The molecule has 8 nitrogen and oxygen atoms in total. The number of benzene rings is 2. The first-order valence-electron chi connectivity index (χ1n) is 12.8. The summed E-state index contributed by atoms with van der Waals surface area (Å²) in [6.45, 7) is 2.19. The van der Waals surface area contributed by atoms with Crippen LogP contribution in [-0.2, 0) is 32.7 Å². The van der Waals surface area contributed by atoms with Crippen LogP contribution in [0.15, 0.2) is 42.5 Å². The number of carboxylic acid groups (broad SMARTS) is 1. The van der Waals surface area contributed by atoms with E-state index in [1.807, 2.05) is 10.6 Å². The van der Waals surface area contributed by atoms with Crippen LogP contribution >= 0.6 is 23.2 Å². The van der Waals surface area contributed by atoms with Crippen LogP contribution in [0.5, 0.6) is 5.88 Å². The second-order valence-corrected chi connectivity index (χ2v) is 11.2. The highest BCUT2D eigenvalue weighted by Crippen LogP contribution is 2.47. The number of nitrogens with zero attached hydrogens (tertiary/aromatic N) is 5. The average Bonchev–Trinajstić information content (AvgIpc) is 3.63. The summed E-state index contributed by atoms with van der Waals surface area (Å²) in [7, 11) is 0. The van der Waals surface area contributed by atoms with Crippen molar-refractivity contribution >= 4 is 40.2 Å². The number of imidazole rings is 1. The van der Waals surface area contributed by atoms with Crippen molar-refractivity contribution in [3.8, 4) is 11.9 Å². The number of nitriles is 1. The molecule has 0 unspecified atom stereocenters. The third kappa shape index (κ3) is 5.22. The lowest BCUT2D eigenvalue weighted by molar-refractivity contribution is 0.0697. The maximum absolute atomic E-state index is 14.2. The molecule has 3 heterocycles. The van der Waals surface area contributed by atoms with Gasteiger partial charge in [-0.15, -0.1) is 0 Å². The molecule has 11 heteroatoms. The molecule has 1 aliphatic heterocycles. The molecule has 0 spiro atoms. The van der Waals surface area contributed by atoms with Crippen molar-refractivity contribution in [3.05, 3.63) is 86.5 Å². The van der Waals surface area contributed by atoms with Crippen LogP contribution in [0.25, 0.3) is 11.0 Å². The first-order valence-corrected chi connectivity index (χ1v) is 13.6. The Hall–Kier alpha value is -3.71. The molecule has 4 aromatic rings. The average molecular weight is 580 g/mol. The van der Waals surface area contributed by atoms with Gasteiger partial charge < -0.3 is 14.4 Å². The Balaban J connectivity index is 1.24. The van der Waals surface area contributed by atoms with Gasteiger partial charge in [-0.3, -0.25) is 4.90 Å². The molecule has 1 N–H and O–H groups in total. The van der Waals surface area contributed by atoms with Gasteiger partial charge in [0.15, 0.2) is 0 Å². The van der Waals surface area contributed by atoms with E-state index < -0.39 is 17.2 Å². The quantitative estimate of drug-likeness (QED) is 0.272. The van der Waals surface area contributed by atoms with Gasteiger partial charge in [0.2, 0.25) is 5.88 Å². The zero-order valence-electron chi connectivity index (χ0n) is 21.3. The molecule has 0 bridgehead atoms. The number of fused-ring (bicyclic) bond motifs is 2. The molecule has 1 fully saturated rings. The first-order chi connectivity index (χ1) is 19.2. The smallest absolute Gasteiger partial charge is 0.335 e. The number of halogens is 3. The highest BCUT2D eigenvalue weighted by atomic mass is 35.5. The summed E-state index contributed by atoms with van der Waals surface area (Å²) in [5, 5.41) is 19.9. The molecule has 2 aromatic heterocycles. The first kappa shape index (κ1) is 26.5. The van der Waals surface area contributed by atoms with E-state index in [9.17, 15) is 19.6 Å². The topological polar surface area (TPSA) is 104 Å². The van der Waals surface area contributed by atoms with Crippen LogP contribution in [0.3, 0.4) is 0 Å². The summed E-state index contributed by atoms with van der Waals surface area (Å²) in [4.78, 5) is 23.3. The summed E-state index contributed by atoms with van der Waals surface area (Å²) in [6.07, 6.45) is 2.34. The van der Waals surface area contributed by atoms with Crippen LogP contribution in [0.2, 0.25) is 10.0 Å². The third-order valence-corrected chi connectivity index (χ3v) is 8.06. The maximum Gasteiger partial charge on any atom is 0.335 e. The molecule has 2 aliphatic rings. The molecule has 0 amide bonds. The van der Waals surface area contributed by atoms with Gasteiger partial charge in [-0.25, -0.2) is 19.2 Å². The molecular weight excluding hydrogens is 556 g/mol. The molecule has 6 rings (SSSR count). The van der Waals surface area contributed by atoms with Gasteiger partial charge in [-0.2, -0.15) is 5.26 Å². The monoisotopic (exact) mass is 579 g/mol. The number of ether oxygens (including phenoxy) is 1. The maximum atomic E-state index is 14.2. The molecule has 1 aliphatic carbocycles. The predicted octanol–water partition coefficient (Wildman–Crippen LogP) is 6.02. The Kier molecular flexibility index (Phi) is 6.87. The lowest BCUT2D eigenvalue weighted by Crippen LogP contribution is -2.32. The van der Waals surface area contributed by atoms with Gasteiger partial charge in [0.05, 0.1) is 40.3 Å². The fraction of sp³-hybridized carbons (Fsp3) is 0.310. The molecule has 204 valence electrons. The van der Waals surface area contributed by atoms with Crippen molar-refractivity contribution in [1.82, 2.24) is 19.4 Å². The highest BCUT2D eigenvalue weighted by molar-refractivity contribution is 6.32. The number of pyridine rings is 1. The van der Waals surface area contributed by atoms with Gasteiger partial charge in [0, 0.05) is 30.2 Å². The largest absolute Gasteiger partial charge is 0.478 e. The minimum atomic E-state index is -1.01. The molecular formula is C29H24Cl2FN5O3. The Labute approximate surface area is 239 Å². The number of hydrogen-bond donors (Lipinski definition) is 1. The van der Waals surface area contributed by atoms with Crippen LogP contribution < -0.4 is 4.74 Å². The predicted molar refractivity (Wildman–Crippen MR) is 147 cm³/mol. The van der Waals surface area contributed by atoms with Crippen molar-refractivity contribution < 1.29 is 19.0 Å². The van der Waals surface area contributed by atoms with E-state index in [0.29, 0.717) is 46.3 Å². The van der Waals surface area contributed by atoms with E-state index in [-0.39, 0.29) is 18.1 Å². The molecule has 2 aromatic carbocycles. The van der Waals surface area contributed by atoms with Crippen LogP contribution in [0, 0.1) is 22.6 Å². The van der Waals surface area contributed by atoms with Crippen LogP contribution in [0.4, 0.5) is 4.39 Å². The highest BCUT2D eigenvalue weighted by Gasteiger charge is 2.44. The zero-order valence-corrected chi connectivity index (χ0v) is 22.8. The summed E-state index contributed by atoms with van der Waals surface area (Å²) in [5.41, 5.74) is 3.33. The lowest BCUT2D eigenvalue weighted by Gasteiger charge is -2.28.